The molecule has 19 heavy (non-hydrogen) atoms. The molecule has 1 atom stereocenters. The summed E-state index contributed by atoms with van der Waals surface area (Å²) in [5.41, 5.74) is 5.93. The van der Waals surface area contributed by atoms with Gasteiger partial charge in [-0.2, -0.15) is 0 Å². The van der Waals surface area contributed by atoms with Crippen molar-refractivity contribution >= 4 is 5.91 Å². The van der Waals surface area contributed by atoms with Gasteiger partial charge in [0.15, 0.2) is 0 Å². The van der Waals surface area contributed by atoms with Crippen molar-refractivity contribution in [2.75, 3.05) is 47.4 Å². The van der Waals surface area contributed by atoms with Crippen LogP contribution in [0, 0.1) is 5.92 Å². The summed E-state index contributed by atoms with van der Waals surface area (Å²) in [7, 11) is 5.69. The molecule has 0 radical (unpaired) electrons. The molecule has 1 unspecified atom stereocenters. The van der Waals surface area contributed by atoms with Gasteiger partial charge in [-0.3, -0.25) is 4.79 Å². The van der Waals surface area contributed by atoms with E-state index in [9.17, 15) is 4.79 Å². The number of likely N-dealkylation sites (tertiary alicyclic amines) is 1. The fourth-order valence-electron chi connectivity index (χ4n) is 2.58. The molecule has 0 aliphatic carbocycles. The Balaban J connectivity index is 2.27. The van der Waals surface area contributed by atoms with Crippen molar-refractivity contribution < 1.29 is 9.53 Å². The first-order valence-electron chi connectivity index (χ1n) is 7.22. The maximum absolute atomic E-state index is 12.1. The van der Waals surface area contributed by atoms with E-state index in [0.717, 1.165) is 26.1 Å². The smallest absolute Gasteiger partial charge is 0.239 e. The zero-order valence-corrected chi connectivity index (χ0v) is 12.6. The zero-order valence-electron chi connectivity index (χ0n) is 12.6. The monoisotopic (exact) mass is 271 g/mol. The van der Waals surface area contributed by atoms with Crippen LogP contribution in [0.1, 0.15) is 25.7 Å². The van der Waals surface area contributed by atoms with Crippen LogP contribution in [0.25, 0.3) is 0 Å². The Kier molecular flexibility index (Phi) is 7.34. The molecule has 1 rings (SSSR count). The molecule has 1 aliphatic heterocycles. The molecule has 112 valence electrons. The van der Waals surface area contributed by atoms with Crippen molar-refractivity contribution in [1.29, 1.82) is 0 Å². The summed E-state index contributed by atoms with van der Waals surface area (Å²) in [6, 6.07) is -0.383. The summed E-state index contributed by atoms with van der Waals surface area (Å²) in [6.07, 6.45) is 3.88. The molecule has 5 nitrogen and oxygen atoms in total. The van der Waals surface area contributed by atoms with Gasteiger partial charge in [0.2, 0.25) is 5.91 Å². The van der Waals surface area contributed by atoms with E-state index in [4.69, 9.17) is 10.5 Å². The standard InChI is InChI=1S/C14H29N3O2/c1-16-8-6-12(7-9-16)11-17(2)14(18)13(15)5-4-10-19-3/h12-13H,4-11,15H2,1-3H3. The van der Waals surface area contributed by atoms with Crippen LogP contribution in [0.15, 0.2) is 0 Å². The van der Waals surface area contributed by atoms with Crippen molar-refractivity contribution in [2.45, 2.75) is 31.7 Å². The van der Waals surface area contributed by atoms with Crippen molar-refractivity contribution in [1.82, 2.24) is 9.80 Å². The Bertz CT molecular complexity index is 265. The van der Waals surface area contributed by atoms with E-state index in [1.807, 2.05) is 11.9 Å². The molecule has 1 amide bonds. The van der Waals surface area contributed by atoms with E-state index >= 15 is 0 Å². The highest BCUT2D eigenvalue weighted by atomic mass is 16.5. The lowest BCUT2D eigenvalue weighted by Crippen LogP contribution is -2.45. The van der Waals surface area contributed by atoms with Crippen LogP contribution in [0.4, 0.5) is 0 Å². The second kappa shape index (κ2) is 8.51. The number of nitrogens with two attached hydrogens (primary N) is 1. The van der Waals surface area contributed by atoms with E-state index in [1.165, 1.54) is 12.8 Å². The van der Waals surface area contributed by atoms with Gasteiger partial charge in [0.1, 0.15) is 0 Å². The van der Waals surface area contributed by atoms with Crippen LogP contribution in [0.5, 0.6) is 0 Å². The van der Waals surface area contributed by atoms with Gasteiger partial charge in [-0.25, -0.2) is 0 Å². The quantitative estimate of drug-likeness (QED) is 0.687. The molecule has 1 fully saturated rings. The zero-order chi connectivity index (χ0) is 14.3. The molecule has 0 saturated carbocycles. The van der Waals surface area contributed by atoms with Crippen LogP contribution in [0.2, 0.25) is 0 Å². The predicted octanol–water partition coefficient (Wildman–Crippen LogP) is 0.541. The summed E-state index contributed by atoms with van der Waals surface area (Å²) < 4.78 is 4.98. The summed E-state index contributed by atoms with van der Waals surface area (Å²) in [6.45, 7) is 3.77. The fourth-order valence-corrected chi connectivity index (χ4v) is 2.58. The summed E-state index contributed by atoms with van der Waals surface area (Å²) in [5, 5.41) is 0. The molecule has 0 spiro atoms. The summed E-state index contributed by atoms with van der Waals surface area (Å²) in [5.74, 6) is 0.686. The topological polar surface area (TPSA) is 58.8 Å². The number of hydrogen-bond acceptors (Lipinski definition) is 4. The van der Waals surface area contributed by atoms with Crippen LogP contribution in [-0.4, -0.2) is 69.2 Å². The number of nitrogens with zero attached hydrogens (tertiary/aromatic N) is 2. The minimum atomic E-state index is -0.383. The highest BCUT2D eigenvalue weighted by Gasteiger charge is 2.23. The van der Waals surface area contributed by atoms with Gasteiger partial charge in [0.05, 0.1) is 6.04 Å². The molecular weight excluding hydrogens is 242 g/mol. The van der Waals surface area contributed by atoms with E-state index in [-0.39, 0.29) is 11.9 Å². The Morgan fingerprint density at radius 3 is 2.68 bits per heavy atom. The summed E-state index contributed by atoms with van der Waals surface area (Å²) in [4.78, 5) is 16.3. The maximum atomic E-state index is 12.1. The van der Waals surface area contributed by atoms with Gasteiger partial charge in [-0.05, 0) is 51.7 Å². The van der Waals surface area contributed by atoms with Gasteiger partial charge in [-0.15, -0.1) is 0 Å². The Morgan fingerprint density at radius 1 is 1.47 bits per heavy atom. The summed E-state index contributed by atoms with van der Waals surface area (Å²) >= 11 is 0. The first kappa shape index (κ1) is 16.4. The number of ether oxygens (including phenoxy) is 1. The largest absolute Gasteiger partial charge is 0.385 e. The molecule has 0 aromatic heterocycles. The number of methoxy groups -OCH3 is 1. The molecule has 1 aliphatic rings. The van der Waals surface area contributed by atoms with Gasteiger partial charge in [0.25, 0.3) is 0 Å². The van der Waals surface area contributed by atoms with E-state index < -0.39 is 0 Å². The minimum absolute atomic E-state index is 0.0648. The Hall–Kier alpha value is -0.650. The first-order valence-corrected chi connectivity index (χ1v) is 7.22. The fraction of sp³-hybridized carbons (Fsp3) is 0.929. The first-order chi connectivity index (χ1) is 9.04. The van der Waals surface area contributed by atoms with Crippen molar-refractivity contribution in [3.63, 3.8) is 0 Å². The Morgan fingerprint density at radius 2 is 2.11 bits per heavy atom. The van der Waals surface area contributed by atoms with Gasteiger partial charge < -0.3 is 20.3 Å². The lowest BCUT2D eigenvalue weighted by atomic mass is 9.96. The average molecular weight is 271 g/mol. The SMILES string of the molecule is COCCCC(N)C(=O)N(C)CC1CCN(C)CC1. The molecule has 5 heteroatoms. The predicted molar refractivity (Wildman–Crippen MR) is 76.9 cm³/mol. The molecular formula is C14H29N3O2. The second-order valence-electron chi connectivity index (χ2n) is 5.71. The number of piperidine rings is 1. The van der Waals surface area contributed by atoms with Crippen molar-refractivity contribution in [2.24, 2.45) is 11.7 Å². The molecule has 1 heterocycles. The van der Waals surface area contributed by atoms with E-state index in [0.29, 0.717) is 18.9 Å². The number of likely N-dealkylation sites (N-methyl/N-ethyl adjacent to an activating group) is 1. The Labute approximate surface area is 117 Å². The van der Waals surface area contributed by atoms with E-state index in [2.05, 4.69) is 11.9 Å². The number of hydrogen-bond donors (Lipinski definition) is 1. The third-order valence-electron chi connectivity index (χ3n) is 3.93. The number of carbonyl (C=O) groups is 1. The average Bonchev–Trinajstić information content (AvgIpc) is 2.40. The number of amides is 1. The van der Waals surface area contributed by atoms with Crippen LogP contribution in [0.3, 0.4) is 0 Å². The van der Waals surface area contributed by atoms with Gasteiger partial charge >= 0.3 is 0 Å². The molecule has 0 bridgehead atoms. The third kappa shape index (κ3) is 5.89. The molecule has 2 N–H and O–H groups in total. The van der Waals surface area contributed by atoms with Gasteiger partial charge in [-0.1, -0.05) is 0 Å². The van der Waals surface area contributed by atoms with Crippen molar-refractivity contribution in [3.05, 3.63) is 0 Å². The normalized spacial score (nSPS) is 19.4. The number of rotatable bonds is 7. The third-order valence-corrected chi connectivity index (χ3v) is 3.93. The number of carbonyl (C=O) groups excluding carboxylic acids is 1. The maximum Gasteiger partial charge on any atom is 0.239 e. The van der Waals surface area contributed by atoms with Gasteiger partial charge in [0, 0.05) is 27.3 Å². The lowest BCUT2D eigenvalue weighted by Gasteiger charge is -2.32. The van der Waals surface area contributed by atoms with E-state index in [1.54, 1.807) is 7.11 Å². The molecule has 0 aromatic rings. The molecule has 0 aromatic carbocycles. The van der Waals surface area contributed by atoms with Crippen LogP contribution < -0.4 is 5.73 Å². The molecule has 1 saturated heterocycles. The highest BCUT2D eigenvalue weighted by Crippen LogP contribution is 2.17. The highest BCUT2D eigenvalue weighted by molar-refractivity contribution is 5.81. The van der Waals surface area contributed by atoms with Crippen molar-refractivity contribution in [3.8, 4) is 0 Å². The van der Waals surface area contributed by atoms with Crippen LogP contribution in [-0.2, 0) is 9.53 Å². The lowest BCUT2D eigenvalue weighted by molar-refractivity contribution is -0.132. The second-order valence-corrected chi connectivity index (χ2v) is 5.71. The minimum Gasteiger partial charge on any atom is -0.385 e. The van der Waals surface area contributed by atoms with Crippen LogP contribution >= 0.6 is 0 Å².